The lowest BCUT2D eigenvalue weighted by Gasteiger charge is -2.25. The highest BCUT2D eigenvalue weighted by atomic mass is 16.3. The van der Waals surface area contributed by atoms with Gasteiger partial charge in [0.15, 0.2) is 17.5 Å². The molecule has 9 aromatic carbocycles. The van der Waals surface area contributed by atoms with Crippen LogP contribution in [0.3, 0.4) is 0 Å². The third-order valence-electron chi connectivity index (χ3n) is 12.1. The molecule has 0 atom stereocenters. The summed E-state index contributed by atoms with van der Waals surface area (Å²) in [5.41, 5.74) is 12.6. The minimum atomic E-state index is 0.531. The fourth-order valence-corrected chi connectivity index (χ4v) is 9.26. The normalized spacial score (nSPS) is 11.8. The topological polar surface area (TPSA) is 81.3 Å². The number of para-hydroxylation sites is 4. The van der Waals surface area contributed by atoms with E-state index in [-0.39, 0.29) is 0 Å². The van der Waals surface area contributed by atoms with Gasteiger partial charge in [-0.1, -0.05) is 127 Å². The molecule has 7 nitrogen and oxygen atoms in total. The van der Waals surface area contributed by atoms with Crippen LogP contribution >= 0.6 is 0 Å². The van der Waals surface area contributed by atoms with Crippen molar-refractivity contribution in [2.24, 2.45) is 0 Å². The molecule has 0 aliphatic carbocycles. The maximum Gasteiger partial charge on any atom is 0.164 e. The molecule has 0 fully saturated rings. The van der Waals surface area contributed by atoms with E-state index in [0.29, 0.717) is 17.5 Å². The molecule has 0 bridgehead atoms. The van der Waals surface area contributed by atoms with Gasteiger partial charge in [-0.25, -0.2) is 15.0 Å². The van der Waals surface area contributed by atoms with Crippen molar-refractivity contribution in [3.8, 4) is 45.3 Å². The van der Waals surface area contributed by atoms with Crippen molar-refractivity contribution in [3.63, 3.8) is 0 Å². The van der Waals surface area contributed by atoms with Crippen LogP contribution in [0, 0.1) is 0 Å². The maximum absolute atomic E-state index is 6.67. The smallest absolute Gasteiger partial charge is 0.164 e. The van der Waals surface area contributed by atoms with Crippen LogP contribution in [0.2, 0.25) is 0 Å². The van der Waals surface area contributed by atoms with Crippen LogP contribution < -0.4 is 4.90 Å². The second kappa shape index (κ2) is 14.4. The van der Waals surface area contributed by atoms with E-state index in [9.17, 15) is 0 Å². The number of rotatable bonds is 7. The Labute approximate surface area is 366 Å². The zero-order valence-electron chi connectivity index (χ0n) is 34.1. The molecule has 0 amide bonds. The molecule has 0 saturated carbocycles. The molecular formula is C57H34N4O3. The van der Waals surface area contributed by atoms with Gasteiger partial charge in [0.1, 0.15) is 33.5 Å². The van der Waals surface area contributed by atoms with Crippen molar-refractivity contribution >= 4 is 82.9 Å². The van der Waals surface area contributed by atoms with Gasteiger partial charge in [-0.15, -0.1) is 0 Å². The third-order valence-corrected chi connectivity index (χ3v) is 12.1. The monoisotopic (exact) mass is 822 g/mol. The molecule has 300 valence electrons. The number of benzene rings is 9. The number of hydrogen-bond acceptors (Lipinski definition) is 7. The quantitative estimate of drug-likeness (QED) is 0.158. The van der Waals surface area contributed by atoms with Crippen LogP contribution in [0.15, 0.2) is 220 Å². The molecule has 0 aliphatic rings. The average Bonchev–Trinajstić information content (AvgIpc) is 4.06. The Kier molecular flexibility index (Phi) is 8.08. The highest BCUT2D eigenvalue weighted by Gasteiger charge is 2.23. The predicted octanol–water partition coefficient (Wildman–Crippen LogP) is 15.7. The zero-order valence-corrected chi connectivity index (χ0v) is 34.1. The predicted molar refractivity (Wildman–Crippen MR) is 258 cm³/mol. The number of aromatic nitrogens is 3. The first-order chi connectivity index (χ1) is 31.7. The Morgan fingerprint density at radius 3 is 1.14 bits per heavy atom. The minimum Gasteiger partial charge on any atom is -0.456 e. The Bertz CT molecular complexity index is 3740. The second-order valence-electron chi connectivity index (χ2n) is 15.9. The van der Waals surface area contributed by atoms with Gasteiger partial charge in [0.25, 0.3) is 0 Å². The third kappa shape index (κ3) is 5.79. The van der Waals surface area contributed by atoms with E-state index >= 15 is 0 Å². The van der Waals surface area contributed by atoms with Crippen molar-refractivity contribution in [3.05, 3.63) is 206 Å². The number of furan rings is 3. The molecule has 0 unspecified atom stereocenters. The fourth-order valence-electron chi connectivity index (χ4n) is 9.26. The summed E-state index contributed by atoms with van der Waals surface area (Å²) in [4.78, 5) is 18.1. The zero-order chi connectivity index (χ0) is 42.1. The van der Waals surface area contributed by atoms with Crippen LogP contribution in [-0.4, -0.2) is 15.0 Å². The van der Waals surface area contributed by atoms with Crippen LogP contribution in [0.4, 0.5) is 17.1 Å². The van der Waals surface area contributed by atoms with Crippen LogP contribution in [0.25, 0.3) is 111 Å². The first-order valence-corrected chi connectivity index (χ1v) is 21.3. The SMILES string of the molecule is c1ccc(N(c2ccccc2)c2ccc(-c3ccc4c(c3)oc3cccc(-c5nc(-c6cccc7oc8ccccc8c67)nc(-c6cccc7oc8ccccc8c67)n5)c34)cc2)cc1. The molecule has 0 N–H and O–H groups in total. The lowest BCUT2D eigenvalue weighted by Crippen LogP contribution is -2.09. The summed E-state index contributed by atoms with van der Waals surface area (Å²) in [5, 5.41) is 5.81. The highest BCUT2D eigenvalue weighted by molar-refractivity contribution is 6.15. The van der Waals surface area contributed by atoms with Gasteiger partial charge in [-0.05, 0) is 90.0 Å². The van der Waals surface area contributed by atoms with Gasteiger partial charge >= 0.3 is 0 Å². The van der Waals surface area contributed by atoms with Crippen molar-refractivity contribution in [2.45, 2.75) is 0 Å². The summed E-state index contributed by atoms with van der Waals surface area (Å²) in [6, 6.07) is 70.3. The van der Waals surface area contributed by atoms with Crippen molar-refractivity contribution < 1.29 is 13.3 Å². The largest absolute Gasteiger partial charge is 0.456 e. The summed E-state index contributed by atoms with van der Waals surface area (Å²) >= 11 is 0. The molecule has 0 saturated heterocycles. The highest BCUT2D eigenvalue weighted by Crippen LogP contribution is 2.42. The Hall–Kier alpha value is -8.81. The van der Waals surface area contributed by atoms with E-state index in [2.05, 4.69) is 126 Å². The molecule has 13 aromatic rings. The van der Waals surface area contributed by atoms with Gasteiger partial charge in [0.2, 0.25) is 0 Å². The summed E-state index contributed by atoms with van der Waals surface area (Å²) in [6.07, 6.45) is 0. The van der Waals surface area contributed by atoms with E-state index in [1.807, 2.05) is 84.9 Å². The molecular weight excluding hydrogens is 789 g/mol. The van der Waals surface area contributed by atoms with Crippen LogP contribution in [-0.2, 0) is 0 Å². The maximum atomic E-state index is 6.67. The summed E-state index contributed by atoms with van der Waals surface area (Å²) < 4.78 is 19.3. The first-order valence-electron chi connectivity index (χ1n) is 21.3. The average molecular weight is 823 g/mol. The van der Waals surface area contributed by atoms with Gasteiger partial charge in [-0.2, -0.15) is 0 Å². The minimum absolute atomic E-state index is 0.531. The Balaban J connectivity index is 0.966. The van der Waals surface area contributed by atoms with E-state index < -0.39 is 0 Å². The standard InChI is InChI=1S/C57H34N4O3/c1-3-14-37(15-4-1)61(38-16-5-2-6-17-38)39-31-28-35(29-32-39)36-30-33-42-51(34-36)64-50-27-13-22-45(54(42)50)57-59-55(43-20-11-25-48-52(43)40-18-7-9-23-46(40)62-48)58-56(60-57)44-21-12-26-49-53(44)41-19-8-10-24-47(41)63-49/h1-34H. The number of nitrogens with zero attached hydrogens (tertiary/aromatic N) is 4. The Morgan fingerprint density at radius 2 is 0.656 bits per heavy atom. The lowest BCUT2D eigenvalue weighted by molar-refractivity contribution is 0.668. The molecule has 4 aromatic heterocycles. The van der Waals surface area contributed by atoms with Crippen molar-refractivity contribution in [1.82, 2.24) is 15.0 Å². The number of anilines is 3. The van der Waals surface area contributed by atoms with Gasteiger partial charge < -0.3 is 18.2 Å². The fraction of sp³-hybridized carbons (Fsp3) is 0. The molecule has 0 aliphatic heterocycles. The van der Waals surface area contributed by atoms with Crippen molar-refractivity contribution in [2.75, 3.05) is 4.90 Å². The summed E-state index contributed by atoms with van der Waals surface area (Å²) in [5.74, 6) is 1.61. The van der Waals surface area contributed by atoms with Crippen molar-refractivity contribution in [1.29, 1.82) is 0 Å². The van der Waals surface area contributed by atoms with Gasteiger partial charge in [-0.3, -0.25) is 0 Å². The first kappa shape index (κ1) is 35.9. The van der Waals surface area contributed by atoms with Gasteiger partial charge in [0.05, 0.1) is 0 Å². The summed E-state index contributed by atoms with van der Waals surface area (Å²) in [6.45, 7) is 0. The van der Waals surface area contributed by atoms with E-state index in [0.717, 1.165) is 111 Å². The molecule has 0 spiro atoms. The number of hydrogen-bond donors (Lipinski definition) is 0. The van der Waals surface area contributed by atoms with Crippen LogP contribution in [0.5, 0.6) is 0 Å². The molecule has 13 rings (SSSR count). The number of fused-ring (bicyclic) bond motifs is 9. The Morgan fingerprint density at radius 1 is 0.281 bits per heavy atom. The summed E-state index contributed by atoms with van der Waals surface area (Å²) in [7, 11) is 0. The van der Waals surface area contributed by atoms with Crippen LogP contribution in [0.1, 0.15) is 0 Å². The van der Waals surface area contributed by atoms with E-state index in [4.69, 9.17) is 28.2 Å². The van der Waals surface area contributed by atoms with E-state index in [1.165, 1.54) is 0 Å². The van der Waals surface area contributed by atoms with Gasteiger partial charge in [0, 0.05) is 66.1 Å². The molecule has 0 radical (unpaired) electrons. The molecule has 64 heavy (non-hydrogen) atoms. The second-order valence-corrected chi connectivity index (χ2v) is 15.9. The molecule has 4 heterocycles. The molecule has 7 heteroatoms. The van der Waals surface area contributed by atoms with E-state index in [1.54, 1.807) is 0 Å². The lowest BCUT2D eigenvalue weighted by atomic mass is 10.0.